The van der Waals surface area contributed by atoms with Gasteiger partial charge in [-0.2, -0.15) is 14.9 Å². The predicted octanol–water partition coefficient (Wildman–Crippen LogP) is 4.71. The summed E-state index contributed by atoms with van der Waals surface area (Å²) in [6.45, 7) is 0.203. The number of H-pyrrole nitrogens is 1. The van der Waals surface area contributed by atoms with Gasteiger partial charge < -0.3 is 4.74 Å². The minimum Gasteiger partial charge on any atom is -0.486 e. The van der Waals surface area contributed by atoms with E-state index < -0.39 is 0 Å². The molecular formula is C16H12Cl2N4OS. The summed E-state index contributed by atoms with van der Waals surface area (Å²) in [5.74, 6) is 1.22. The van der Waals surface area contributed by atoms with Gasteiger partial charge in [-0.25, -0.2) is 5.10 Å². The molecule has 8 heteroatoms. The molecule has 0 unspecified atom stereocenters. The molecule has 1 N–H and O–H groups in total. The van der Waals surface area contributed by atoms with Gasteiger partial charge in [0, 0.05) is 15.6 Å². The monoisotopic (exact) mass is 378 g/mol. The molecule has 0 saturated heterocycles. The van der Waals surface area contributed by atoms with Crippen LogP contribution < -0.4 is 4.74 Å². The van der Waals surface area contributed by atoms with Crippen molar-refractivity contribution in [3.63, 3.8) is 0 Å². The second-order valence-corrected chi connectivity index (χ2v) is 6.00. The van der Waals surface area contributed by atoms with E-state index in [1.807, 2.05) is 18.2 Å². The molecule has 0 spiro atoms. The molecule has 0 aliphatic heterocycles. The molecule has 0 atom stereocenters. The molecule has 0 amide bonds. The Morgan fingerprint density at radius 3 is 2.67 bits per heavy atom. The van der Waals surface area contributed by atoms with Gasteiger partial charge in [0.15, 0.2) is 5.82 Å². The van der Waals surface area contributed by atoms with Crippen molar-refractivity contribution in [2.75, 3.05) is 0 Å². The van der Waals surface area contributed by atoms with Gasteiger partial charge in [-0.15, -0.1) is 0 Å². The van der Waals surface area contributed by atoms with Crippen molar-refractivity contribution in [3.8, 4) is 5.75 Å². The maximum Gasteiger partial charge on any atom is 0.216 e. The number of nitrogens with one attached hydrogen (secondary N) is 1. The van der Waals surface area contributed by atoms with Gasteiger partial charge in [-0.3, -0.25) is 0 Å². The maximum atomic E-state index is 6.11. The highest BCUT2D eigenvalue weighted by molar-refractivity contribution is 7.71. The van der Waals surface area contributed by atoms with E-state index in [0.29, 0.717) is 26.4 Å². The van der Waals surface area contributed by atoms with E-state index in [9.17, 15) is 0 Å². The van der Waals surface area contributed by atoms with Crippen LogP contribution in [0.5, 0.6) is 5.75 Å². The molecule has 5 nitrogen and oxygen atoms in total. The molecule has 1 heterocycles. The van der Waals surface area contributed by atoms with Crippen LogP contribution in [0.2, 0.25) is 10.0 Å². The normalized spacial score (nSPS) is 11.1. The first kappa shape index (κ1) is 16.7. The van der Waals surface area contributed by atoms with Crippen LogP contribution in [-0.2, 0) is 6.61 Å². The fourth-order valence-electron chi connectivity index (χ4n) is 1.92. The van der Waals surface area contributed by atoms with Gasteiger partial charge in [0.2, 0.25) is 4.77 Å². The molecule has 0 aliphatic carbocycles. The van der Waals surface area contributed by atoms with Crippen molar-refractivity contribution in [3.05, 3.63) is 74.7 Å². The fraction of sp³-hybridized carbons (Fsp3) is 0.0625. The van der Waals surface area contributed by atoms with Gasteiger partial charge in [0.25, 0.3) is 0 Å². The zero-order chi connectivity index (χ0) is 16.9. The van der Waals surface area contributed by atoms with E-state index in [2.05, 4.69) is 15.3 Å². The number of hydrogen-bond acceptors (Lipinski definition) is 4. The van der Waals surface area contributed by atoms with E-state index >= 15 is 0 Å². The second kappa shape index (κ2) is 7.61. The van der Waals surface area contributed by atoms with Gasteiger partial charge in [-0.05, 0) is 42.5 Å². The van der Waals surface area contributed by atoms with Crippen molar-refractivity contribution in [1.29, 1.82) is 0 Å². The number of nitrogens with zero attached hydrogens (tertiary/aromatic N) is 3. The van der Waals surface area contributed by atoms with Crippen molar-refractivity contribution in [2.45, 2.75) is 6.61 Å². The Balaban J connectivity index is 1.77. The van der Waals surface area contributed by atoms with Crippen LogP contribution in [0, 0.1) is 4.77 Å². The quantitative estimate of drug-likeness (QED) is 0.516. The predicted molar refractivity (Wildman–Crippen MR) is 97.6 cm³/mol. The summed E-state index contributed by atoms with van der Waals surface area (Å²) in [5, 5.41) is 12.4. The van der Waals surface area contributed by atoms with Gasteiger partial charge in [0.05, 0.1) is 6.21 Å². The molecule has 0 bridgehead atoms. The minimum atomic E-state index is 0.203. The lowest BCUT2D eigenvalue weighted by molar-refractivity contribution is 0.290. The number of ether oxygens (including phenoxy) is 1. The van der Waals surface area contributed by atoms with Crippen molar-refractivity contribution >= 4 is 41.6 Å². The number of benzene rings is 2. The van der Waals surface area contributed by atoms with Crippen LogP contribution in [0.15, 0.2) is 53.6 Å². The molecule has 122 valence electrons. The topological polar surface area (TPSA) is 55.2 Å². The zero-order valence-electron chi connectivity index (χ0n) is 12.3. The zero-order valence-corrected chi connectivity index (χ0v) is 14.6. The third-order valence-corrected chi connectivity index (χ3v) is 3.98. The first-order chi connectivity index (χ1) is 11.6. The number of aromatic amines is 1. The first-order valence-corrected chi connectivity index (χ1v) is 8.13. The largest absolute Gasteiger partial charge is 0.486 e. The molecule has 0 saturated carbocycles. The average Bonchev–Trinajstić information content (AvgIpc) is 2.94. The molecule has 1 aromatic heterocycles. The van der Waals surface area contributed by atoms with Crippen LogP contribution in [0.3, 0.4) is 0 Å². The maximum absolute atomic E-state index is 6.11. The summed E-state index contributed by atoms with van der Waals surface area (Å²) in [7, 11) is 0. The lowest BCUT2D eigenvalue weighted by Gasteiger charge is -2.05. The van der Waals surface area contributed by atoms with Crippen LogP contribution in [-0.4, -0.2) is 21.1 Å². The van der Waals surface area contributed by atoms with Gasteiger partial charge in [0.1, 0.15) is 12.4 Å². The van der Waals surface area contributed by atoms with Crippen LogP contribution in [0.1, 0.15) is 11.4 Å². The van der Waals surface area contributed by atoms with Crippen molar-refractivity contribution in [1.82, 2.24) is 14.9 Å². The Hall–Kier alpha value is -2.15. The summed E-state index contributed by atoms with van der Waals surface area (Å²) < 4.78 is 7.53. The highest BCUT2D eigenvalue weighted by Gasteiger charge is 2.06. The first-order valence-electron chi connectivity index (χ1n) is 6.97. The molecule has 0 aliphatic rings. The van der Waals surface area contributed by atoms with Crippen LogP contribution in [0.4, 0.5) is 0 Å². The Bertz CT molecular complexity index is 918. The molecule has 3 aromatic rings. The van der Waals surface area contributed by atoms with E-state index in [1.54, 1.807) is 36.5 Å². The third-order valence-electron chi connectivity index (χ3n) is 3.12. The molecule has 2 aromatic carbocycles. The number of hydrogen-bond donors (Lipinski definition) is 1. The molecule has 3 rings (SSSR count). The number of halogens is 2. The Morgan fingerprint density at radius 2 is 1.92 bits per heavy atom. The molecule has 0 fully saturated rings. The van der Waals surface area contributed by atoms with Crippen molar-refractivity contribution in [2.24, 2.45) is 5.10 Å². The summed E-state index contributed by atoms with van der Waals surface area (Å²) in [4.78, 5) is 0. The van der Waals surface area contributed by atoms with E-state index in [1.165, 1.54) is 4.68 Å². The smallest absolute Gasteiger partial charge is 0.216 e. The lowest BCUT2D eigenvalue weighted by atomic mass is 10.2. The minimum absolute atomic E-state index is 0.203. The van der Waals surface area contributed by atoms with E-state index in [0.717, 1.165) is 5.56 Å². The van der Waals surface area contributed by atoms with Gasteiger partial charge >= 0.3 is 0 Å². The van der Waals surface area contributed by atoms with E-state index in [4.69, 9.17) is 40.2 Å². The van der Waals surface area contributed by atoms with Crippen molar-refractivity contribution < 1.29 is 4.74 Å². The number of aromatic nitrogens is 3. The Morgan fingerprint density at radius 1 is 1.17 bits per heavy atom. The highest BCUT2D eigenvalue weighted by atomic mass is 35.5. The standard InChI is InChI=1S/C16H12Cl2N4OS/c17-12-5-7-13(8-6-12)23-10-15-20-21-16(24)22(15)19-9-11-3-1-2-4-14(11)18/h1-9H,10H2,(H,21,24)/b19-9-. The Labute approximate surface area is 153 Å². The molecular weight excluding hydrogens is 367 g/mol. The second-order valence-electron chi connectivity index (χ2n) is 4.77. The van der Waals surface area contributed by atoms with Crippen LogP contribution in [0.25, 0.3) is 0 Å². The number of rotatable bonds is 5. The Kier molecular flexibility index (Phi) is 5.30. The lowest BCUT2D eigenvalue weighted by Crippen LogP contribution is -2.04. The highest BCUT2D eigenvalue weighted by Crippen LogP contribution is 2.17. The van der Waals surface area contributed by atoms with Gasteiger partial charge in [-0.1, -0.05) is 41.4 Å². The summed E-state index contributed by atoms with van der Waals surface area (Å²) >= 11 is 17.2. The third kappa shape index (κ3) is 4.03. The summed E-state index contributed by atoms with van der Waals surface area (Å²) in [6, 6.07) is 14.5. The van der Waals surface area contributed by atoms with Crippen LogP contribution >= 0.6 is 35.4 Å². The summed E-state index contributed by atoms with van der Waals surface area (Å²) in [6.07, 6.45) is 1.62. The fourth-order valence-corrected chi connectivity index (χ4v) is 2.42. The average molecular weight is 379 g/mol. The summed E-state index contributed by atoms with van der Waals surface area (Å²) in [5.41, 5.74) is 0.784. The molecule has 24 heavy (non-hydrogen) atoms. The molecule has 0 radical (unpaired) electrons. The van der Waals surface area contributed by atoms with E-state index in [-0.39, 0.29) is 6.61 Å². The SMILES string of the molecule is S=c1[nH]nc(COc2ccc(Cl)cc2)n1/N=C\c1ccccc1Cl.